The van der Waals surface area contributed by atoms with Crippen LogP contribution in [-0.2, 0) is 4.79 Å². The lowest BCUT2D eigenvalue weighted by Crippen LogP contribution is -1.92. The molecule has 0 aliphatic carbocycles. The predicted octanol–water partition coefficient (Wildman–Crippen LogP) is 2.16. The van der Waals surface area contributed by atoms with Crippen LogP contribution in [-0.4, -0.2) is 23.6 Å². The number of aliphatic imine (C=N–C) groups is 1. The molecule has 1 atom stereocenters. The van der Waals surface area contributed by atoms with Crippen LogP contribution in [0.3, 0.4) is 0 Å². The van der Waals surface area contributed by atoms with Crippen molar-refractivity contribution in [2.24, 2.45) is 4.99 Å². The third kappa shape index (κ3) is 3.74. The molecule has 0 aromatic heterocycles. The van der Waals surface area contributed by atoms with Crippen molar-refractivity contribution < 1.29 is 4.79 Å². The van der Waals surface area contributed by atoms with Crippen molar-refractivity contribution in [3.8, 4) is 0 Å². The Morgan fingerprint density at radius 3 is 3.17 bits per heavy atom. The van der Waals surface area contributed by atoms with Crippen molar-refractivity contribution in [3.63, 3.8) is 0 Å². The van der Waals surface area contributed by atoms with Gasteiger partial charge in [-0.2, -0.15) is 11.8 Å². The number of hydrogen-bond donors (Lipinski definition) is 0. The van der Waals surface area contributed by atoms with Gasteiger partial charge < -0.3 is 0 Å². The predicted molar refractivity (Wildman–Crippen MR) is 52.2 cm³/mol. The molecular weight excluding hydrogens is 170 g/mol. The van der Waals surface area contributed by atoms with Crippen LogP contribution >= 0.6 is 11.8 Å². The van der Waals surface area contributed by atoms with E-state index in [1.54, 1.807) is 0 Å². The Morgan fingerprint density at radius 2 is 2.50 bits per heavy atom. The number of thioether (sulfide) groups is 1. The summed E-state index contributed by atoms with van der Waals surface area (Å²) < 4.78 is 0. The van der Waals surface area contributed by atoms with Crippen molar-refractivity contribution in [2.75, 3.05) is 12.3 Å². The van der Waals surface area contributed by atoms with Gasteiger partial charge in [-0.25, -0.2) is 9.79 Å². The minimum Gasteiger partial charge on any atom is -0.211 e. The minimum atomic E-state index is 0.487. The summed E-state index contributed by atoms with van der Waals surface area (Å²) in [5.74, 6) is 1.31. The summed E-state index contributed by atoms with van der Waals surface area (Å²) in [5, 5.41) is 0.807. The van der Waals surface area contributed by atoms with Gasteiger partial charge in [-0.05, 0) is 25.0 Å². The first kappa shape index (κ1) is 9.56. The van der Waals surface area contributed by atoms with E-state index in [0.717, 1.165) is 11.7 Å². The molecule has 0 bridgehead atoms. The molecule has 0 N–H and O–H groups in total. The number of rotatable bonds is 4. The molecule has 12 heavy (non-hydrogen) atoms. The summed E-state index contributed by atoms with van der Waals surface area (Å²) >= 11 is 2.05. The summed E-state index contributed by atoms with van der Waals surface area (Å²) in [4.78, 5) is 13.1. The molecule has 0 radical (unpaired) electrons. The number of nitrogens with zero attached hydrogens (tertiary/aromatic N) is 1. The van der Waals surface area contributed by atoms with Gasteiger partial charge >= 0.3 is 0 Å². The van der Waals surface area contributed by atoms with E-state index in [-0.39, 0.29) is 0 Å². The van der Waals surface area contributed by atoms with E-state index in [1.165, 1.54) is 24.7 Å². The Bertz CT molecular complexity index is 191. The van der Waals surface area contributed by atoms with E-state index in [9.17, 15) is 4.79 Å². The molecule has 1 aliphatic heterocycles. The van der Waals surface area contributed by atoms with Gasteiger partial charge in [0.1, 0.15) is 0 Å². The largest absolute Gasteiger partial charge is 0.235 e. The molecule has 0 saturated carbocycles. The van der Waals surface area contributed by atoms with Crippen LogP contribution < -0.4 is 0 Å². The zero-order valence-electron chi connectivity index (χ0n) is 7.03. The van der Waals surface area contributed by atoms with Crippen LogP contribution in [0, 0.1) is 0 Å². The first-order chi connectivity index (χ1) is 5.93. The fourth-order valence-electron chi connectivity index (χ4n) is 1.24. The molecular formula is C9H13NOS. The highest BCUT2D eigenvalue weighted by molar-refractivity contribution is 8.00. The van der Waals surface area contributed by atoms with E-state index < -0.39 is 0 Å². The van der Waals surface area contributed by atoms with Crippen molar-refractivity contribution in [1.29, 1.82) is 0 Å². The topological polar surface area (TPSA) is 29.4 Å². The van der Waals surface area contributed by atoms with Gasteiger partial charge in [0, 0.05) is 5.25 Å². The second-order valence-corrected chi connectivity index (χ2v) is 4.18. The monoisotopic (exact) mass is 183 g/mol. The van der Waals surface area contributed by atoms with Gasteiger partial charge in [0.25, 0.3) is 0 Å². The lowest BCUT2D eigenvalue weighted by molar-refractivity contribution is 0.564. The first-order valence-corrected chi connectivity index (χ1v) is 5.28. The highest BCUT2D eigenvalue weighted by Gasteiger charge is 2.12. The fourth-order valence-corrected chi connectivity index (χ4v) is 2.49. The van der Waals surface area contributed by atoms with Crippen LogP contribution in [0.2, 0.25) is 0 Å². The van der Waals surface area contributed by atoms with Gasteiger partial charge in [0.05, 0.1) is 6.54 Å². The molecule has 0 aromatic rings. The smallest absolute Gasteiger partial charge is 0.211 e. The van der Waals surface area contributed by atoms with Crippen LogP contribution in [0.1, 0.15) is 19.3 Å². The standard InChI is InChI=1S/C9H13NOS/c11-8-10-6-2-1-4-9-5-3-7-12-9/h1-2,9H,3-7H2/b2-1-. The second-order valence-electron chi connectivity index (χ2n) is 2.77. The van der Waals surface area contributed by atoms with Crippen molar-refractivity contribution in [2.45, 2.75) is 24.5 Å². The Balaban J connectivity index is 2.07. The normalized spacial score (nSPS) is 22.8. The number of hydrogen-bond acceptors (Lipinski definition) is 3. The first-order valence-electron chi connectivity index (χ1n) is 4.23. The molecule has 1 saturated heterocycles. The minimum absolute atomic E-state index is 0.487. The molecule has 3 heteroatoms. The zero-order chi connectivity index (χ0) is 8.65. The molecule has 0 spiro atoms. The third-order valence-corrected chi connectivity index (χ3v) is 3.27. The Morgan fingerprint density at radius 1 is 1.58 bits per heavy atom. The lowest BCUT2D eigenvalue weighted by Gasteiger charge is -2.01. The maximum absolute atomic E-state index is 9.69. The van der Waals surface area contributed by atoms with Gasteiger partial charge in [-0.3, -0.25) is 0 Å². The van der Waals surface area contributed by atoms with E-state index >= 15 is 0 Å². The molecule has 1 unspecified atom stereocenters. The van der Waals surface area contributed by atoms with Crippen LogP contribution in [0.4, 0.5) is 0 Å². The highest BCUT2D eigenvalue weighted by atomic mass is 32.2. The summed E-state index contributed by atoms with van der Waals surface area (Å²) in [6.45, 7) is 0.487. The van der Waals surface area contributed by atoms with Gasteiger partial charge in [-0.15, -0.1) is 0 Å². The van der Waals surface area contributed by atoms with Gasteiger partial charge in [0.2, 0.25) is 6.08 Å². The third-order valence-electron chi connectivity index (χ3n) is 1.85. The van der Waals surface area contributed by atoms with E-state index in [2.05, 4.69) is 11.1 Å². The van der Waals surface area contributed by atoms with Crippen LogP contribution in [0.15, 0.2) is 17.1 Å². The molecule has 1 rings (SSSR count). The molecule has 1 aliphatic rings. The summed E-state index contributed by atoms with van der Waals surface area (Å²) in [5.41, 5.74) is 0. The molecule has 0 amide bonds. The Labute approximate surface area is 77.1 Å². The lowest BCUT2D eigenvalue weighted by atomic mass is 10.2. The number of isocyanates is 1. The van der Waals surface area contributed by atoms with E-state index in [1.807, 2.05) is 17.8 Å². The maximum atomic E-state index is 9.69. The number of carbonyl (C=O) groups excluding carboxylic acids is 1. The highest BCUT2D eigenvalue weighted by Crippen LogP contribution is 2.28. The van der Waals surface area contributed by atoms with Crippen molar-refractivity contribution in [3.05, 3.63) is 12.2 Å². The zero-order valence-corrected chi connectivity index (χ0v) is 7.85. The molecule has 1 fully saturated rings. The molecule has 2 nitrogen and oxygen atoms in total. The average molecular weight is 183 g/mol. The molecule has 1 heterocycles. The van der Waals surface area contributed by atoms with Crippen molar-refractivity contribution >= 4 is 17.8 Å². The average Bonchev–Trinajstić information content (AvgIpc) is 2.57. The maximum Gasteiger partial charge on any atom is 0.235 e. The van der Waals surface area contributed by atoms with Gasteiger partial charge in [-0.1, -0.05) is 12.2 Å². The molecule has 66 valence electrons. The van der Waals surface area contributed by atoms with E-state index in [0.29, 0.717) is 6.54 Å². The number of allylic oxidation sites excluding steroid dienone is 1. The van der Waals surface area contributed by atoms with E-state index in [4.69, 9.17) is 0 Å². The Hall–Kier alpha value is -0.530. The fraction of sp³-hybridized carbons (Fsp3) is 0.667. The quantitative estimate of drug-likeness (QED) is 0.380. The summed E-state index contributed by atoms with van der Waals surface area (Å²) in [6, 6.07) is 0. The van der Waals surface area contributed by atoms with Crippen molar-refractivity contribution in [1.82, 2.24) is 0 Å². The van der Waals surface area contributed by atoms with Crippen LogP contribution in [0.25, 0.3) is 0 Å². The summed E-state index contributed by atoms with van der Waals surface area (Å²) in [7, 11) is 0. The second kappa shape index (κ2) is 6.04. The summed E-state index contributed by atoms with van der Waals surface area (Å²) in [6.07, 6.45) is 9.38. The SMILES string of the molecule is O=C=NC/C=C\CC1CCCS1. The van der Waals surface area contributed by atoms with Gasteiger partial charge in [0.15, 0.2) is 0 Å². The van der Waals surface area contributed by atoms with Crippen LogP contribution in [0.5, 0.6) is 0 Å². The molecule has 0 aromatic carbocycles. The Kier molecular flexibility index (Phi) is 4.81.